The summed E-state index contributed by atoms with van der Waals surface area (Å²) in [5, 5.41) is 6.85. The van der Waals surface area contributed by atoms with Crippen molar-refractivity contribution in [3.63, 3.8) is 0 Å². The van der Waals surface area contributed by atoms with E-state index in [-0.39, 0.29) is 0 Å². The zero-order valence-electron chi connectivity index (χ0n) is 13.4. The summed E-state index contributed by atoms with van der Waals surface area (Å²) in [4.78, 5) is 11.6. The van der Waals surface area contributed by atoms with E-state index in [0.29, 0.717) is 6.04 Å². The molecule has 0 radical (unpaired) electrons. The van der Waals surface area contributed by atoms with Crippen molar-refractivity contribution in [2.75, 3.05) is 24.2 Å². The highest BCUT2D eigenvalue weighted by Crippen LogP contribution is 2.33. The summed E-state index contributed by atoms with van der Waals surface area (Å²) in [5.41, 5.74) is 1.01. The number of nitrogens with zero attached hydrogens (tertiary/aromatic N) is 3. The third-order valence-electron chi connectivity index (χ3n) is 4.88. The summed E-state index contributed by atoms with van der Waals surface area (Å²) in [7, 11) is 2.29. The molecule has 2 N–H and O–H groups in total. The molecular weight excluding hydrogens is 262 g/mol. The van der Waals surface area contributed by atoms with Crippen molar-refractivity contribution in [2.24, 2.45) is 0 Å². The van der Waals surface area contributed by atoms with Gasteiger partial charge >= 0.3 is 0 Å². The molecule has 2 unspecified atom stereocenters. The van der Waals surface area contributed by atoms with Gasteiger partial charge in [-0.15, -0.1) is 0 Å². The molecule has 5 nitrogen and oxygen atoms in total. The minimum absolute atomic E-state index is 0.542. The third kappa shape index (κ3) is 3.28. The molecule has 116 valence electrons. The third-order valence-corrected chi connectivity index (χ3v) is 4.88. The first-order valence-electron chi connectivity index (χ1n) is 8.23. The molecule has 2 saturated heterocycles. The van der Waals surface area contributed by atoms with E-state index in [4.69, 9.17) is 0 Å². The average molecular weight is 289 g/mol. The van der Waals surface area contributed by atoms with Crippen LogP contribution < -0.4 is 10.6 Å². The Morgan fingerprint density at radius 2 is 1.95 bits per heavy atom. The number of hydrogen-bond donors (Lipinski definition) is 2. The Balaban J connectivity index is 1.69. The van der Waals surface area contributed by atoms with Gasteiger partial charge in [0, 0.05) is 36.4 Å². The zero-order valence-corrected chi connectivity index (χ0v) is 13.4. The quantitative estimate of drug-likeness (QED) is 0.892. The molecule has 0 spiro atoms. The van der Waals surface area contributed by atoms with Gasteiger partial charge in [-0.2, -0.15) is 4.98 Å². The predicted molar refractivity (Wildman–Crippen MR) is 86.8 cm³/mol. The number of aromatic nitrogens is 2. The number of piperidine rings is 2. The lowest BCUT2D eigenvalue weighted by Crippen LogP contribution is -2.52. The molecule has 21 heavy (non-hydrogen) atoms. The summed E-state index contributed by atoms with van der Waals surface area (Å²) in [6.45, 7) is 4.94. The fourth-order valence-corrected chi connectivity index (χ4v) is 3.82. The molecule has 5 heteroatoms. The van der Waals surface area contributed by atoms with Crippen LogP contribution in [0.15, 0.2) is 6.07 Å². The van der Waals surface area contributed by atoms with E-state index in [1.165, 1.54) is 32.1 Å². The van der Waals surface area contributed by atoms with Gasteiger partial charge in [-0.25, -0.2) is 4.98 Å². The van der Waals surface area contributed by atoms with Crippen molar-refractivity contribution in [3.05, 3.63) is 11.8 Å². The number of aryl methyl sites for hydroxylation is 1. The number of anilines is 2. The highest BCUT2D eigenvalue weighted by molar-refractivity contribution is 5.43. The van der Waals surface area contributed by atoms with E-state index < -0.39 is 0 Å². The van der Waals surface area contributed by atoms with Gasteiger partial charge in [-0.05, 0) is 46.6 Å². The molecule has 2 aliphatic heterocycles. The Hall–Kier alpha value is -1.36. The van der Waals surface area contributed by atoms with Gasteiger partial charge in [0.1, 0.15) is 5.82 Å². The van der Waals surface area contributed by atoms with Crippen molar-refractivity contribution in [1.29, 1.82) is 0 Å². The van der Waals surface area contributed by atoms with Crippen LogP contribution in [0.4, 0.5) is 11.8 Å². The van der Waals surface area contributed by atoms with Gasteiger partial charge in [0.05, 0.1) is 0 Å². The molecule has 0 amide bonds. The largest absolute Gasteiger partial charge is 0.367 e. The molecule has 3 heterocycles. The Labute approximate surface area is 127 Å². The minimum atomic E-state index is 0.542. The van der Waals surface area contributed by atoms with Crippen LogP contribution in [0.1, 0.15) is 44.7 Å². The van der Waals surface area contributed by atoms with Gasteiger partial charge in [-0.1, -0.05) is 6.42 Å². The van der Waals surface area contributed by atoms with Crippen LogP contribution in [0, 0.1) is 6.92 Å². The van der Waals surface area contributed by atoms with E-state index in [1.54, 1.807) is 0 Å². The molecule has 0 saturated carbocycles. The van der Waals surface area contributed by atoms with Crippen LogP contribution >= 0.6 is 0 Å². The van der Waals surface area contributed by atoms with Crippen molar-refractivity contribution >= 4 is 11.8 Å². The monoisotopic (exact) mass is 289 g/mol. The van der Waals surface area contributed by atoms with Crippen molar-refractivity contribution < 1.29 is 0 Å². The lowest BCUT2D eigenvalue weighted by molar-refractivity contribution is 0.0608. The van der Waals surface area contributed by atoms with Gasteiger partial charge in [0.25, 0.3) is 0 Å². The number of rotatable bonds is 4. The molecule has 3 rings (SSSR count). The van der Waals surface area contributed by atoms with Gasteiger partial charge < -0.3 is 15.5 Å². The first-order chi connectivity index (χ1) is 10.2. The normalized spacial score (nSPS) is 29.2. The molecule has 2 bridgehead atoms. The van der Waals surface area contributed by atoms with Crippen LogP contribution in [0.3, 0.4) is 0 Å². The standard InChI is InChI=1S/C16H27N5/c1-4-17-16-18-11(2)8-15(20-16)19-12-9-13-6-5-7-14(10-12)21(13)3/h8,12-14H,4-7,9-10H2,1-3H3,(H2,17,18,19,20). The van der Waals surface area contributed by atoms with E-state index in [0.717, 1.165) is 36.1 Å². The van der Waals surface area contributed by atoms with Crippen molar-refractivity contribution in [1.82, 2.24) is 14.9 Å². The SMILES string of the molecule is CCNc1nc(C)cc(NC2CC3CCCC(C2)N3C)n1. The van der Waals surface area contributed by atoms with E-state index in [1.807, 2.05) is 6.92 Å². The Kier molecular flexibility index (Phi) is 4.29. The zero-order chi connectivity index (χ0) is 14.8. The fourth-order valence-electron chi connectivity index (χ4n) is 3.82. The fraction of sp³-hybridized carbons (Fsp3) is 0.750. The Bertz CT molecular complexity index is 476. The van der Waals surface area contributed by atoms with Crippen LogP contribution in [-0.2, 0) is 0 Å². The van der Waals surface area contributed by atoms with Crippen molar-refractivity contribution in [3.8, 4) is 0 Å². The smallest absolute Gasteiger partial charge is 0.224 e. The van der Waals surface area contributed by atoms with Crippen LogP contribution in [0.25, 0.3) is 0 Å². The second-order valence-corrected chi connectivity index (χ2v) is 6.47. The molecule has 2 atom stereocenters. The van der Waals surface area contributed by atoms with E-state index in [2.05, 4.69) is 45.5 Å². The van der Waals surface area contributed by atoms with E-state index in [9.17, 15) is 0 Å². The molecule has 1 aromatic heterocycles. The number of fused-ring (bicyclic) bond motifs is 2. The second kappa shape index (κ2) is 6.18. The molecule has 2 aliphatic rings. The summed E-state index contributed by atoms with van der Waals surface area (Å²) in [6.07, 6.45) is 6.54. The summed E-state index contributed by atoms with van der Waals surface area (Å²) < 4.78 is 0. The van der Waals surface area contributed by atoms with Crippen LogP contribution in [-0.4, -0.2) is 46.6 Å². The maximum atomic E-state index is 4.58. The lowest BCUT2D eigenvalue weighted by Gasteiger charge is -2.47. The Morgan fingerprint density at radius 1 is 1.24 bits per heavy atom. The molecule has 0 aliphatic carbocycles. The summed E-state index contributed by atoms with van der Waals surface area (Å²) in [6, 6.07) is 4.08. The van der Waals surface area contributed by atoms with Gasteiger partial charge in [0.15, 0.2) is 0 Å². The second-order valence-electron chi connectivity index (χ2n) is 6.47. The van der Waals surface area contributed by atoms with Crippen LogP contribution in [0.2, 0.25) is 0 Å². The first kappa shape index (κ1) is 14.6. The van der Waals surface area contributed by atoms with Crippen LogP contribution in [0.5, 0.6) is 0 Å². The molecule has 2 fully saturated rings. The highest BCUT2D eigenvalue weighted by Gasteiger charge is 2.35. The molecular formula is C16H27N5. The average Bonchev–Trinajstić information content (AvgIpc) is 2.39. The molecule has 1 aromatic rings. The number of nitrogens with one attached hydrogen (secondary N) is 2. The highest BCUT2D eigenvalue weighted by atomic mass is 15.2. The maximum absolute atomic E-state index is 4.58. The number of hydrogen-bond acceptors (Lipinski definition) is 5. The molecule has 0 aromatic carbocycles. The van der Waals surface area contributed by atoms with Gasteiger partial charge in [-0.3, -0.25) is 0 Å². The first-order valence-corrected chi connectivity index (χ1v) is 8.23. The predicted octanol–water partition coefficient (Wildman–Crippen LogP) is 2.64. The maximum Gasteiger partial charge on any atom is 0.224 e. The summed E-state index contributed by atoms with van der Waals surface area (Å²) >= 11 is 0. The van der Waals surface area contributed by atoms with E-state index >= 15 is 0 Å². The topological polar surface area (TPSA) is 53.1 Å². The Morgan fingerprint density at radius 3 is 2.62 bits per heavy atom. The van der Waals surface area contributed by atoms with Crippen molar-refractivity contribution in [2.45, 2.75) is 64.1 Å². The lowest BCUT2D eigenvalue weighted by atomic mass is 9.82. The summed E-state index contributed by atoms with van der Waals surface area (Å²) in [5.74, 6) is 1.69. The minimum Gasteiger partial charge on any atom is -0.367 e. The van der Waals surface area contributed by atoms with Gasteiger partial charge in [0.2, 0.25) is 5.95 Å².